The minimum atomic E-state index is -0.197. The molecule has 1 aliphatic heterocycles. The molecule has 28 heavy (non-hydrogen) atoms. The highest BCUT2D eigenvalue weighted by Gasteiger charge is 2.36. The summed E-state index contributed by atoms with van der Waals surface area (Å²) in [5.74, 6) is 0.293. The van der Waals surface area contributed by atoms with Crippen molar-refractivity contribution in [3.8, 4) is 0 Å². The summed E-state index contributed by atoms with van der Waals surface area (Å²) in [6, 6.07) is 13.7. The van der Waals surface area contributed by atoms with E-state index in [1.54, 1.807) is 18.3 Å². The average Bonchev–Trinajstić information content (AvgIpc) is 2.66. The van der Waals surface area contributed by atoms with Gasteiger partial charge in [-0.25, -0.2) is 5.43 Å². The molecule has 2 aromatic carbocycles. The van der Waals surface area contributed by atoms with Crippen LogP contribution in [0, 0.1) is 6.92 Å². The van der Waals surface area contributed by atoms with Gasteiger partial charge in [0.15, 0.2) is 0 Å². The Morgan fingerprint density at radius 1 is 1.29 bits per heavy atom. The Morgan fingerprint density at radius 3 is 2.68 bits per heavy atom. The Bertz CT molecular complexity index is 871. The fourth-order valence-corrected chi connectivity index (χ4v) is 4.25. The van der Waals surface area contributed by atoms with Crippen LogP contribution in [0.25, 0.3) is 0 Å². The SMILES string of the molecule is CCCN1c2cc(C)c(/C=N\NC(=O)c3ccccc3)cc2C(C)CC1(C)C. The fourth-order valence-electron chi connectivity index (χ4n) is 4.25. The Balaban J connectivity index is 1.84. The Hall–Kier alpha value is -2.62. The number of fused-ring (bicyclic) bond motifs is 1. The van der Waals surface area contributed by atoms with Crippen LogP contribution < -0.4 is 10.3 Å². The first kappa shape index (κ1) is 20.1. The summed E-state index contributed by atoms with van der Waals surface area (Å²) in [5, 5.41) is 4.20. The van der Waals surface area contributed by atoms with E-state index in [1.165, 1.54) is 16.8 Å². The summed E-state index contributed by atoms with van der Waals surface area (Å²) in [6.07, 6.45) is 4.02. The van der Waals surface area contributed by atoms with E-state index in [2.05, 4.69) is 62.2 Å². The lowest BCUT2D eigenvalue weighted by molar-refractivity contribution is 0.0955. The number of carbonyl (C=O) groups excluding carboxylic acids is 1. The van der Waals surface area contributed by atoms with Crippen LogP contribution in [-0.2, 0) is 0 Å². The van der Waals surface area contributed by atoms with Crippen LogP contribution in [0.1, 0.15) is 73.5 Å². The average molecular weight is 378 g/mol. The third kappa shape index (κ3) is 4.11. The Morgan fingerprint density at radius 2 is 2.00 bits per heavy atom. The van der Waals surface area contributed by atoms with Gasteiger partial charge in [-0.2, -0.15) is 5.10 Å². The molecule has 1 unspecified atom stereocenters. The summed E-state index contributed by atoms with van der Waals surface area (Å²) in [5.41, 5.74) is 8.32. The predicted octanol–water partition coefficient (Wildman–Crippen LogP) is 5.26. The monoisotopic (exact) mass is 377 g/mol. The molecule has 0 fully saturated rings. The molecule has 0 bridgehead atoms. The summed E-state index contributed by atoms with van der Waals surface area (Å²) in [6.45, 7) is 12.4. The molecule has 1 aliphatic rings. The van der Waals surface area contributed by atoms with Crippen LogP contribution in [-0.4, -0.2) is 24.2 Å². The third-order valence-corrected chi connectivity index (χ3v) is 5.63. The number of nitrogens with one attached hydrogen (secondary N) is 1. The zero-order valence-corrected chi connectivity index (χ0v) is 17.6. The van der Waals surface area contributed by atoms with Crippen LogP contribution in [0.4, 0.5) is 5.69 Å². The van der Waals surface area contributed by atoms with E-state index < -0.39 is 0 Å². The summed E-state index contributed by atoms with van der Waals surface area (Å²) in [7, 11) is 0. The Kier molecular flexibility index (Phi) is 5.87. The summed E-state index contributed by atoms with van der Waals surface area (Å²) >= 11 is 0. The molecule has 0 radical (unpaired) electrons. The highest BCUT2D eigenvalue weighted by atomic mass is 16.2. The van der Waals surface area contributed by atoms with Gasteiger partial charge in [0.25, 0.3) is 5.91 Å². The third-order valence-electron chi connectivity index (χ3n) is 5.63. The zero-order chi connectivity index (χ0) is 20.3. The number of nitrogens with zero attached hydrogens (tertiary/aromatic N) is 2. The molecule has 3 rings (SSSR count). The van der Waals surface area contributed by atoms with Crippen LogP contribution in [0.15, 0.2) is 47.6 Å². The molecule has 4 heteroatoms. The van der Waals surface area contributed by atoms with Crippen LogP contribution >= 0.6 is 0 Å². The van der Waals surface area contributed by atoms with E-state index in [4.69, 9.17) is 0 Å². The highest BCUT2D eigenvalue weighted by Crippen LogP contribution is 2.44. The summed E-state index contributed by atoms with van der Waals surface area (Å²) < 4.78 is 0. The van der Waals surface area contributed by atoms with E-state index in [1.807, 2.05) is 18.2 Å². The molecule has 2 aromatic rings. The van der Waals surface area contributed by atoms with Crippen LogP contribution in [0.5, 0.6) is 0 Å². The first-order chi connectivity index (χ1) is 13.3. The van der Waals surface area contributed by atoms with Gasteiger partial charge in [0.1, 0.15) is 0 Å². The van der Waals surface area contributed by atoms with Crippen molar-refractivity contribution in [2.24, 2.45) is 5.10 Å². The van der Waals surface area contributed by atoms with Gasteiger partial charge < -0.3 is 4.90 Å². The van der Waals surface area contributed by atoms with Crippen molar-refractivity contribution >= 4 is 17.8 Å². The minimum absolute atomic E-state index is 0.161. The Labute approximate surface area is 168 Å². The van der Waals surface area contributed by atoms with Gasteiger partial charge in [0.2, 0.25) is 0 Å². The van der Waals surface area contributed by atoms with Crippen LogP contribution in [0.2, 0.25) is 0 Å². The van der Waals surface area contributed by atoms with E-state index in [0.29, 0.717) is 11.5 Å². The lowest BCUT2D eigenvalue weighted by Gasteiger charge is -2.48. The largest absolute Gasteiger partial charge is 0.366 e. The molecule has 4 nitrogen and oxygen atoms in total. The molecule has 1 amide bonds. The van der Waals surface area contributed by atoms with E-state index >= 15 is 0 Å². The summed E-state index contributed by atoms with van der Waals surface area (Å²) in [4.78, 5) is 14.7. The molecule has 0 spiro atoms. The van der Waals surface area contributed by atoms with Gasteiger partial charge in [-0.05, 0) is 80.5 Å². The first-order valence-electron chi connectivity index (χ1n) is 10.1. The van der Waals surface area contributed by atoms with E-state index in [0.717, 1.165) is 24.9 Å². The van der Waals surface area contributed by atoms with Crippen molar-refractivity contribution < 1.29 is 4.79 Å². The van der Waals surface area contributed by atoms with Crippen molar-refractivity contribution in [3.05, 3.63) is 64.7 Å². The number of anilines is 1. The number of aryl methyl sites for hydroxylation is 1. The van der Waals surface area contributed by atoms with Crippen molar-refractivity contribution in [1.82, 2.24) is 5.43 Å². The molecule has 0 aromatic heterocycles. The van der Waals surface area contributed by atoms with Gasteiger partial charge in [0, 0.05) is 23.3 Å². The van der Waals surface area contributed by atoms with Gasteiger partial charge in [-0.15, -0.1) is 0 Å². The number of carbonyl (C=O) groups is 1. The molecule has 1 atom stereocenters. The second kappa shape index (κ2) is 8.17. The number of benzene rings is 2. The molecule has 0 saturated heterocycles. The van der Waals surface area contributed by atoms with Crippen LogP contribution in [0.3, 0.4) is 0 Å². The van der Waals surface area contributed by atoms with Crippen molar-refractivity contribution in [2.45, 2.75) is 58.9 Å². The van der Waals surface area contributed by atoms with E-state index in [9.17, 15) is 4.79 Å². The maximum Gasteiger partial charge on any atom is 0.271 e. The second-order valence-electron chi connectivity index (χ2n) is 8.40. The molecule has 0 aliphatic carbocycles. The fraction of sp³-hybridized carbons (Fsp3) is 0.417. The zero-order valence-electron chi connectivity index (χ0n) is 17.6. The predicted molar refractivity (Wildman–Crippen MR) is 117 cm³/mol. The minimum Gasteiger partial charge on any atom is -0.366 e. The van der Waals surface area contributed by atoms with Gasteiger partial charge in [-0.1, -0.05) is 32.0 Å². The molecular weight excluding hydrogens is 346 g/mol. The molecule has 0 saturated carbocycles. The quantitative estimate of drug-likeness (QED) is 0.570. The molecule has 1 heterocycles. The lowest BCUT2D eigenvalue weighted by Crippen LogP contribution is -2.48. The van der Waals surface area contributed by atoms with E-state index in [-0.39, 0.29) is 11.4 Å². The molecule has 1 N–H and O–H groups in total. The van der Waals surface area contributed by atoms with Crippen molar-refractivity contribution in [1.29, 1.82) is 0 Å². The maximum atomic E-state index is 12.2. The number of hydrazone groups is 1. The smallest absolute Gasteiger partial charge is 0.271 e. The number of rotatable bonds is 5. The van der Waals surface area contributed by atoms with Gasteiger partial charge in [-0.3, -0.25) is 4.79 Å². The number of hydrogen-bond acceptors (Lipinski definition) is 3. The lowest BCUT2D eigenvalue weighted by atomic mass is 9.79. The topological polar surface area (TPSA) is 44.7 Å². The van der Waals surface area contributed by atoms with Crippen molar-refractivity contribution in [2.75, 3.05) is 11.4 Å². The van der Waals surface area contributed by atoms with Crippen molar-refractivity contribution in [3.63, 3.8) is 0 Å². The van der Waals surface area contributed by atoms with Gasteiger partial charge in [0.05, 0.1) is 6.21 Å². The standard InChI is InChI=1S/C24H31N3O/c1-6-12-27-22-13-17(2)20(14-21(22)18(3)15-24(27,4)5)16-25-26-23(28)19-10-8-7-9-11-19/h7-11,13-14,16,18H,6,12,15H2,1-5H3,(H,26,28)/b25-16-. The van der Waals surface area contributed by atoms with Gasteiger partial charge >= 0.3 is 0 Å². The second-order valence-corrected chi connectivity index (χ2v) is 8.40. The number of hydrogen-bond donors (Lipinski definition) is 1. The maximum absolute atomic E-state index is 12.2. The molecular formula is C24H31N3O. The number of amides is 1. The normalized spacial score (nSPS) is 18.2. The highest BCUT2D eigenvalue weighted by molar-refractivity contribution is 5.95. The molecule has 148 valence electrons. The first-order valence-corrected chi connectivity index (χ1v) is 10.1.